The summed E-state index contributed by atoms with van der Waals surface area (Å²) in [6, 6.07) is 6.89. The van der Waals surface area contributed by atoms with Gasteiger partial charge in [-0.05, 0) is 24.3 Å². The first-order chi connectivity index (χ1) is 8.63. The molecule has 0 fully saturated rings. The molecule has 92 valence electrons. The maximum absolute atomic E-state index is 10.9. The lowest BCUT2D eigenvalue weighted by Gasteiger charge is -2.06. The minimum absolute atomic E-state index is 0.121. The first-order valence-corrected chi connectivity index (χ1v) is 5.54. The highest BCUT2D eigenvalue weighted by molar-refractivity contribution is 6.29. The van der Waals surface area contributed by atoms with E-state index >= 15 is 0 Å². The van der Waals surface area contributed by atoms with Crippen molar-refractivity contribution in [3.8, 4) is 11.6 Å². The Balaban J connectivity index is 2.08. The standard InChI is InChI=1S/C12H10ClN3O2/c1-8(17)15-9-2-4-10(5-3-9)18-12-7-14-6-11(13)16-12/h2-7H,1H3,(H,15,17). The average molecular weight is 264 g/mol. The summed E-state index contributed by atoms with van der Waals surface area (Å²) in [6.45, 7) is 1.45. The van der Waals surface area contributed by atoms with Gasteiger partial charge in [0.1, 0.15) is 5.75 Å². The van der Waals surface area contributed by atoms with Crippen LogP contribution < -0.4 is 10.1 Å². The van der Waals surface area contributed by atoms with Gasteiger partial charge in [0.05, 0.1) is 12.4 Å². The number of hydrogen-bond acceptors (Lipinski definition) is 4. The number of carbonyl (C=O) groups is 1. The third-order valence-corrected chi connectivity index (χ3v) is 2.16. The second-order valence-electron chi connectivity index (χ2n) is 3.49. The first-order valence-electron chi connectivity index (χ1n) is 5.16. The van der Waals surface area contributed by atoms with Gasteiger partial charge in [-0.2, -0.15) is 4.98 Å². The lowest BCUT2D eigenvalue weighted by molar-refractivity contribution is -0.114. The number of rotatable bonds is 3. The van der Waals surface area contributed by atoms with Gasteiger partial charge in [0.2, 0.25) is 11.8 Å². The van der Waals surface area contributed by atoms with E-state index in [2.05, 4.69) is 15.3 Å². The second-order valence-corrected chi connectivity index (χ2v) is 3.87. The highest BCUT2D eigenvalue weighted by atomic mass is 35.5. The highest BCUT2D eigenvalue weighted by Crippen LogP contribution is 2.21. The van der Waals surface area contributed by atoms with Gasteiger partial charge in [-0.3, -0.25) is 9.78 Å². The number of aromatic nitrogens is 2. The molecule has 1 N–H and O–H groups in total. The fraction of sp³-hybridized carbons (Fsp3) is 0.0833. The molecular formula is C12H10ClN3O2. The molecule has 0 saturated carbocycles. The van der Waals surface area contributed by atoms with Crippen molar-refractivity contribution in [2.45, 2.75) is 6.92 Å². The highest BCUT2D eigenvalue weighted by Gasteiger charge is 2.01. The summed E-state index contributed by atoms with van der Waals surface area (Å²) in [6.07, 6.45) is 2.89. The Morgan fingerprint density at radius 1 is 1.28 bits per heavy atom. The first kappa shape index (κ1) is 12.3. The molecule has 5 nitrogen and oxygen atoms in total. The van der Waals surface area contributed by atoms with Gasteiger partial charge in [-0.25, -0.2) is 0 Å². The van der Waals surface area contributed by atoms with Crippen LogP contribution in [0.5, 0.6) is 11.6 Å². The van der Waals surface area contributed by atoms with Gasteiger partial charge in [0.15, 0.2) is 5.15 Å². The number of amides is 1. The number of carbonyl (C=O) groups excluding carboxylic acids is 1. The van der Waals surface area contributed by atoms with Gasteiger partial charge in [-0.1, -0.05) is 11.6 Å². The SMILES string of the molecule is CC(=O)Nc1ccc(Oc2cncc(Cl)n2)cc1. The van der Waals surface area contributed by atoms with Crippen molar-refractivity contribution in [3.63, 3.8) is 0 Å². The molecule has 1 aromatic heterocycles. The molecule has 1 aromatic carbocycles. The van der Waals surface area contributed by atoms with Crippen LogP contribution in [0.15, 0.2) is 36.7 Å². The molecule has 0 aliphatic carbocycles. The maximum Gasteiger partial charge on any atom is 0.239 e. The van der Waals surface area contributed by atoms with E-state index in [-0.39, 0.29) is 11.1 Å². The normalized spacial score (nSPS) is 9.89. The van der Waals surface area contributed by atoms with Crippen LogP contribution in [0, 0.1) is 0 Å². The van der Waals surface area contributed by atoms with E-state index in [1.165, 1.54) is 19.3 Å². The van der Waals surface area contributed by atoms with Crippen LogP contribution in [0.3, 0.4) is 0 Å². The molecule has 2 rings (SSSR count). The Morgan fingerprint density at radius 3 is 2.61 bits per heavy atom. The summed E-state index contributed by atoms with van der Waals surface area (Å²) in [7, 11) is 0. The minimum Gasteiger partial charge on any atom is -0.437 e. The van der Waals surface area contributed by atoms with E-state index in [4.69, 9.17) is 16.3 Å². The molecular weight excluding hydrogens is 254 g/mol. The monoisotopic (exact) mass is 263 g/mol. The number of anilines is 1. The largest absolute Gasteiger partial charge is 0.437 e. The lowest BCUT2D eigenvalue weighted by Crippen LogP contribution is -2.05. The summed E-state index contributed by atoms with van der Waals surface area (Å²) in [5.74, 6) is 0.778. The van der Waals surface area contributed by atoms with E-state index in [1.54, 1.807) is 24.3 Å². The summed E-state index contributed by atoms with van der Waals surface area (Å²) in [5, 5.41) is 2.93. The Morgan fingerprint density at radius 2 is 2.00 bits per heavy atom. The Kier molecular flexibility index (Phi) is 3.74. The fourth-order valence-corrected chi connectivity index (χ4v) is 1.44. The summed E-state index contributed by atoms with van der Waals surface area (Å²) in [5.41, 5.74) is 0.701. The number of halogens is 1. The zero-order chi connectivity index (χ0) is 13.0. The predicted octanol–water partition coefficient (Wildman–Crippen LogP) is 2.88. The van der Waals surface area contributed by atoms with Crippen molar-refractivity contribution in [2.75, 3.05) is 5.32 Å². The van der Waals surface area contributed by atoms with Crippen molar-refractivity contribution in [1.29, 1.82) is 0 Å². The molecule has 2 aromatic rings. The van der Waals surface area contributed by atoms with Gasteiger partial charge in [0.25, 0.3) is 0 Å². The molecule has 0 atom stereocenters. The summed E-state index contributed by atoms with van der Waals surface area (Å²) < 4.78 is 5.45. The molecule has 0 aliphatic heterocycles. The third kappa shape index (κ3) is 3.43. The smallest absolute Gasteiger partial charge is 0.239 e. The number of hydrogen-bond donors (Lipinski definition) is 1. The van der Waals surface area contributed by atoms with Crippen LogP contribution in [-0.2, 0) is 4.79 Å². The number of nitrogens with one attached hydrogen (secondary N) is 1. The molecule has 0 aliphatic rings. The van der Waals surface area contributed by atoms with Gasteiger partial charge in [-0.15, -0.1) is 0 Å². The molecule has 1 heterocycles. The fourth-order valence-electron chi connectivity index (χ4n) is 1.31. The third-order valence-electron chi connectivity index (χ3n) is 1.98. The predicted molar refractivity (Wildman–Crippen MR) is 67.9 cm³/mol. The van der Waals surface area contributed by atoms with Crippen molar-refractivity contribution in [3.05, 3.63) is 41.8 Å². The quantitative estimate of drug-likeness (QED) is 0.925. The molecule has 0 saturated heterocycles. The topological polar surface area (TPSA) is 64.1 Å². The molecule has 0 unspecified atom stereocenters. The molecule has 0 bridgehead atoms. The molecule has 1 amide bonds. The molecule has 6 heteroatoms. The van der Waals surface area contributed by atoms with E-state index in [0.717, 1.165) is 0 Å². The van der Waals surface area contributed by atoms with Crippen molar-refractivity contribution >= 4 is 23.2 Å². The van der Waals surface area contributed by atoms with Gasteiger partial charge >= 0.3 is 0 Å². The van der Waals surface area contributed by atoms with Crippen LogP contribution in [0.25, 0.3) is 0 Å². The zero-order valence-corrected chi connectivity index (χ0v) is 10.3. The van der Waals surface area contributed by atoms with Crippen LogP contribution in [0.2, 0.25) is 5.15 Å². The van der Waals surface area contributed by atoms with E-state index in [1.807, 2.05) is 0 Å². The average Bonchev–Trinajstić information content (AvgIpc) is 2.31. The maximum atomic E-state index is 10.9. The Hall–Kier alpha value is -2.14. The summed E-state index contributed by atoms with van der Waals surface area (Å²) in [4.78, 5) is 18.7. The molecule has 0 radical (unpaired) electrons. The van der Waals surface area contributed by atoms with Crippen molar-refractivity contribution < 1.29 is 9.53 Å². The van der Waals surface area contributed by atoms with Crippen molar-refractivity contribution in [2.24, 2.45) is 0 Å². The summed E-state index contributed by atoms with van der Waals surface area (Å²) >= 11 is 5.69. The number of benzene rings is 1. The number of ether oxygens (including phenoxy) is 1. The molecule has 0 spiro atoms. The lowest BCUT2D eigenvalue weighted by atomic mass is 10.3. The van der Waals surface area contributed by atoms with Crippen LogP contribution in [0.1, 0.15) is 6.92 Å². The van der Waals surface area contributed by atoms with Gasteiger partial charge in [0, 0.05) is 12.6 Å². The van der Waals surface area contributed by atoms with E-state index in [0.29, 0.717) is 17.3 Å². The van der Waals surface area contributed by atoms with E-state index in [9.17, 15) is 4.79 Å². The number of nitrogens with zero attached hydrogens (tertiary/aromatic N) is 2. The van der Waals surface area contributed by atoms with Crippen LogP contribution in [0.4, 0.5) is 5.69 Å². The van der Waals surface area contributed by atoms with E-state index < -0.39 is 0 Å². The van der Waals surface area contributed by atoms with Crippen LogP contribution >= 0.6 is 11.6 Å². The second kappa shape index (κ2) is 5.46. The Labute approximate surface area is 109 Å². The Bertz CT molecular complexity index is 558. The molecule has 18 heavy (non-hydrogen) atoms. The minimum atomic E-state index is -0.121. The van der Waals surface area contributed by atoms with Crippen molar-refractivity contribution in [1.82, 2.24) is 9.97 Å². The van der Waals surface area contributed by atoms with Crippen LogP contribution in [-0.4, -0.2) is 15.9 Å². The van der Waals surface area contributed by atoms with Gasteiger partial charge < -0.3 is 10.1 Å². The zero-order valence-electron chi connectivity index (χ0n) is 9.55.